The van der Waals surface area contributed by atoms with Crippen molar-refractivity contribution < 1.29 is 8.42 Å². The lowest BCUT2D eigenvalue weighted by Crippen LogP contribution is -2.38. The standard InChI is InChI=1S/C16H23N5O2S/c1-17-16(18-9-12-21-10-5-6-11-21)19-13-14-7-3-4-8-15(14)20-24(2,22)23/h3-8,10-11,20H,9,12-13H2,1-2H3,(H2,17,18,19). The molecule has 0 aliphatic heterocycles. The second kappa shape index (κ2) is 8.39. The molecule has 1 heterocycles. The third-order valence-corrected chi connectivity index (χ3v) is 3.90. The van der Waals surface area contributed by atoms with Gasteiger partial charge in [0.1, 0.15) is 0 Å². The fourth-order valence-corrected chi connectivity index (χ4v) is 2.79. The predicted molar refractivity (Wildman–Crippen MR) is 97.5 cm³/mol. The van der Waals surface area contributed by atoms with Crippen LogP contribution in [-0.4, -0.2) is 38.8 Å². The summed E-state index contributed by atoms with van der Waals surface area (Å²) in [5, 5.41) is 6.41. The van der Waals surface area contributed by atoms with Gasteiger partial charge in [-0.25, -0.2) is 8.42 Å². The summed E-state index contributed by atoms with van der Waals surface area (Å²) >= 11 is 0. The van der Waals surface area contributed by atoms with E-state index in [0.29, 0.717) is 18.2 Å². The lowest BCUT2D eigenvalue weighted by molar-refractivity contribution is 0.606. The van der Waals surface area contributed by atoms with E-state index in [-0.39, 0.29) is 0 Å². The van der Waals surface area contributed by atoms with Crippen molar-refractivity contribution in [3.8, 4) is 0 Å². The number of anilines is 1. The Labute approximate surface area is 142 Å². The Morgan fingerprint density at radius 3 is 2.50 bits per heavy atom. The summed E-state index contributed by atoms with van der Waals surface area (Å²) < 4.78 is 27.5. The minimum absolute atomic E-state index is 0.460. The van der Waals surface area contributed by atoms with Crippen LogP contribution in [0.15, 0.2) is 53.8 Å². The zero-order chi connectivity index (χ0) is 17.4. The van der Waals surface area contributed by atoms with Gasteiger partial charge in [-0.15, -0.1) is 0 Å². The zero-order valence-corrected chi connectivity index (χ0v) is 14.7. The molecule has 130 valence electrons. The first-order valence-electron chi connectivity index (χ1n) is 7.59. The summed E-state index contributed by atoms with van der Waals surface area (Å²) in [5.74, 6) is 0.663. The molecular weight excluding hydrogens is 326 g/mol. The van der Waals surface area contributed by atoms with Crippen LogP contribution in [0.1, 0.15) is 5.56 Å². The maximum Gasteiger partial charge on any atom is 0.229 e. The minimum atomic E-state index is -3.31. The van der Waals surface area contributed by atoms with Crippen LogP contribution < -0.4 is 15.4 Å². The number of rotatable bonds is 7. The summed E-state index contributed by atoms with van der Waals surface area (Å²) in [7, 11) is -1.61. The Kier molecular flexibility index (Phi) is 6.25. The van der Waals surface area contributed by atoms with Gasteiger partial charge in [-0.3, -0.25) is 9.71 Å². The Morgan fingerprint density at radius 2 is 1.83 bits per heavy atom. The van der Waals surface area contributed by atoms with Crippen LogP contribution in [-0.2, 0) is 23.1 Å². The molecule has 0 bridgehead atoms. The molecule has 2 rings (SSSR count). The summed E-state index contributed by atoms with van der Waals surface area (Å²) in [4.78, 5) is 4.17. The van der Waals surface area contributed by atoms with Crippen LogP contribution >= 0.6 is 0 Å². The zero-order valence-electron chi connectivity index (χ0n) is 13.9. The number of sulfonamides is 1. The lowest BCUT2D eigenvalue weighted by atomic mass is 10.2. The van der Waals surface area contributed by atoms with Crippen molar-refractivity contribution in [3.63, 3.8) is 0 Å². The average Bonchev–Trinajstić information content (AvgIpc) is 3.04. The molecule has 0 saturated heterocycles. The first-order valence-corrected chi connectivity index (χ1v) is 9.48. The summed E-state index contributed by atoms with van der Waals surface area (Å²) in [6.07, 6.45) is 5.15. The number of hydrogen-bond acceptors (Lipinski definition) is 3. The molecule has 0 saturated carbocycles. The van der Waals surface area contributed by atoms with E-state index in [2.05, 4.69) is 24.9 Å². The Balaban J connectivity index is 1.89. The van der Waals surface area contributed by atoms with E-state index in [0.717, 1.165) is 24.9 Å². The highest BCUT2D eigenvalue weighted by Gasteiger charge is 2.07. The van der Waals surface area contributed by atoms with E-state index in [1.54, 1.807) is 19.2 Å². The number of benzene rings is 1. The topological polar surface area (TPSA) is 87.5 Å². The number of aliphatic imine (C=N–C) groups is 1. The number of nitrogens with zero attached hydrogens (tertiary/aromatic N) is 2. The van der Waals surface area contributed by atoms with Crippen LogP contribution in [0.5, 0.6) is 0 Å². The fraction of sp³-hybridized carbons (Fsp3) is 0.312. The van der Waals surface area contributed by atoms with E-state index in [4.69, 9.17) is 0 Å². The Bertz CT molecular complexity index is 770. The third-order valence-electron chi connectivity index (χ3n) is 3.31. The second-order valence-corrected chi connectivity index (χ2v) is 7.05. The lowest BCUT2D eigenvalue weighted by Gasteiger charge is -2.15. The average molecular weight is 349 g/mol. The number of aromatic nitrogens is 1. The van der Waals surface area contributed by atoms with E-state index in [1.807, 2.05) is 36.7 Å². The van der Waals surface area contributed by atoms with E-state index in [1.165, 1.54) is 0 Å². The molecule has 7 nitrogen and oxygen atoms in total. The number of para-hydroxylation sites is 1. The molecule has 0 atom stereocenters. The summed E-state index contributed by atoms with van der Waals surface area (Å²) in [6.45, 7) is 2.03. The van der Waals surface area contributed by atoms with Crippen molar-refractivity contribution in [1.29, 1.82) is 0 Å². The van der Waals surface area contributed by atoms with Crippen LogP contribution in [0.25, 0.3) is 0 Å². The molecule has 0 aliphatic carbocycles. The van der Waals surface area contributed by atoms with Crippen LogP contribution in [0.4, 0.5) is 5.69 Å². The molecule has 1 aromatic heterocycles. The number of nitrogens with one attached hydrogen (secondary N) is 3. The molecule has 1 aromatic carbocycles. The quantitative estimate of drug-likeness (QED) is 0.518. The maximum atomic E-state index is 11.4. The summed E-state index contributed by atoms with van der Waals surface area (Å²) in [5.41, 5.74) is 1.41. The number of hydrogen-bond donors (Lipinski definition) is 3. The highest BCUT2D eigenvalue weighted by Crippen LogP contribution is 2.15. The molecule has 0 spiro atoms. The smallest absolute Gasteiger partial charge is 0.229 e. The van der Waals surface area contributed by atoms with Gasteiger partial charge in [-0.05, 0) is 23.8 Å². The molecule has 0 amide bonds. The third kappa shape index (κ3) is 5.96. The minimum Gasteiger partial charge on any atom is -0.355 e. The normalized spacial score (nSPS) is 12.0. The van der Waals surface area contributed by atoms with Gasteiger partial charge in [0, 0.05) is 39.1 Å². The van der Waals surface area contributed by atoms with Crippen molar-refractivity contribution >= 4 is 21.7 Å². The van der Waals surface area contributed by atoms with E-state index >= 15 is 0 Å². The van der Waals surface area contributed by atoms with E-state index < -0.39 is 10.0 Å². The molecule has 3 N–H and O–H groups in total. The van der Waals surface area contributed by atoms with Gasteiger partial charge in [0.05, 0.1) is 11.9 Å². The second-order valence-electron chi connectivity index (χ2n) is 5.30. The fourth-order valence-electron chi connectivity index (χ4n) is 2.20. The molecule has 0 fully saturated rings. The van der Waals surface area contributed by atoms with Crippen molar-refractivity contribution in [2.24, 2.45) is 4.99 Å². The van der Waals surface area contributed by atoms with E-state index in [9.17, 15) is 8.42 Å². The molecule has 2 aromatic rings. The van der Waals surface area contributed by atoms with Gasteiger partial charge in [0.25, 0.3) is 0 Å². The summed E-state index contributed by atoms with van der Waals surface area (Å²) in [6, 6.07) is 11.2. The van der Waals surface area contributed by atoms with Crippen molar-refractivity contribution in [3.05, 3.63) is 54.4 Å². The highest BCUT2D eigenvalue weighted by molar-refractivity contribution is 7.92. The molecule has 0 aliphatic rings. The van der Waals surface area contributed by atoms with Gasteiger partial charge >= 0.3 is 0 Å². The molecule has 0 unspecified atom stereocenters. The number of guanidine groups is 1. The molecule has 8 heteroatoms. The molecule has 0 radical (unpaired) electrons. The first kappa shape index (κ1) is 17.9. The SMILES string of the molecule is CN=C(NCCn1cccc1)NCc1ccccc1NS(C)(=O)=O. The van der Waals surface area contributed by atoms with Gasteiger partial charge in [0.15, 0.2) is 5.96 Å². The van der Waals surface area contributed by atoms with Crippen LogP contribution in [0.3, 0.4) is 0 Å². The monoisotopic (exact) mass is 349 g/mol. The highest BCUT2D eigenvalue weighted by atomic mass is 32.2. The Morgan fingerprint density at radius 1 is 1.12 bits per heavy atom. The Hall–Kier alpha value is -2.48. The maximum absolute atomic E-state index is 11.4. The van der Waals surface area contributed by atoms with Gasteiger partial charge in [0.2, 0.25) is 10.0 Å². The van der Waals surface area contributed by atoms with Gasteiger partial charge in [-0.2, -0.15) is 0 Å². The predicted octanol–water partition coefficient (Wildman–Crippen LogP) is 1.22. The van der Waals surface area contributed by atoms with Crippen LogP contribution in [0.2, 0.25) is 0 Å². The van der Waals surface area contributed by atoms with Gasteiger partial charge < -0.3 is 15.2 Å². The van der Waals surface area contributed by atoms with Crippen LogP contribution in [0, 0.1) is 0 Å². The van der Waals surface area contributed by atoms with Gasteiger partial charge in [-0.1, -0.05) is 18.2 Å². The first-order chi connectivity index (χ1) is 11.5. The molecule has 24 heavy (non-hydrogen) atoms. The largest absolute Gasteiger partial charge is 0.355 e. The van der Waals surface area contributed by atoms with Crippen molar-refractivity contribution in [1.82, 2.24) is 15.2 Å². The van der Waals surface area contributed by atoms with Crippen molar-refractivity contribution in [2.75, 3.05) is 24.6 Å². The van der Waals surface area contributed by atoms with Crippen molar-refractivity contribution in [2.45, 2.75) is 13.1 Å². The molecular formula is C16H23N5O2S.